The second-order valence-electron chi connectivity index (χ2n) is 5.98. The summed E-state index contributed by atoms with van der Waals surface area (Å²) in [5.74, 6) is -1.58. The Bertz CT molecular complexity index is 861. The molecule has 0 spiro atoms. The van der Waals surface area contributed by atoms with Crippen molar-refractivity contribution in [2.45, 2.75) is 26.9 Å². The van der Waals surface area contributed by atoms with Crippen molar-refractivity contribution in [2.75, 3.05) is 11.9 Å². The van der Waals surface area contributed by atoms with Crippen LogP contribution in [0.5, 0.6) is 0 Å². The molecular weight excluding hydrogens is 416 g/mol. The Morgan fingerprint density at radius 1 is 1.22 bits per heavy atom. The number of nitrogens with zero attached hydrogens (tertiary/aromatic N) is 2. The Kier molecular flexibility index (Phi) is 6.73. The summed E-state index contributed by atoms with van der Waals surface area (Å²) in [6.07, 6.45) is -1.01. The number of anilines is 1. The molecule has 27 heavy (non-hydrogen) atoms. The molecule has 8 nitrogen and oxygen atoms in total. The number of nitrogens with one attached hydrogen (secondary N) is 2. The minimum atomic E-state index is -1.01. The van der Waals surface area contributed by atoms with Crippen LogP contribution in [0.4, 0.5) is 5.69 Å². The highest BCUT2D eigenvalue weighted by Gasteiger charge is 2.21. The van der Waals surface area contributed by atoms with E-state index in [1.807, 2.05) is 6.92 Å². The fourth-order valence-corrected chi connectivity index (χ4v) is 2.59. The van der Waals surface area contributed by atoms with Crippen LogP contribution in [0, 0.1) is 13.8 Å². The molecule has 2 amide bonds. The molecule has 0 aliphatic carbocycles. The standard InChI is InChI=1S/C18H21BrN4O4/c1-10-16(11(2)23(4)22-10)21-17(25)12(3)27-15(24)9-20-18(26)13-5-7-14(19)8-6-13/h5-8,12H,9H2,1-4H3,(H,20,26)(H,21,25). The van der Waals surface area contributed by atoms with Gasteiger partial charge in [-0.15, -0.1) is 0 Å². The maximum atomic E-state index is 12.2. The molecule has 0 saturated carbocycles. The lowest BCUT2D eigenvalue weighted by atomic mass is 10.2. The van der Waals surface area contributed by atoms with Gasteiger partial charge in [-0.3, -0.25) is 19.1 Å². The molecule has 0 bridgehead atoms. The minimum absolute atomic E-state index is 0.336. The summed E-state index contributed by atoms with van der Waals surface area (Å²) in [5, 5.41) is 9.38. The molecule has 144 valence electrons. The quantitative estimate of drug-likeness (QED) is 0.674. The fourth-order valence-electron chi connectivity index (χ4n) is 2.33. The van der Waals surface area contributed by atoms with Crippen molar-refractivity contribution in [1.29, 1.82) is 0 Å². The van der Waals surface area contributed by atoms with Gasteiger partial charge in [0.25, 0.3) is 11.8 Å². The maximum Gasteiger partial charge on any atom is 0.326 e. The third-order valence-corrected chi connectivity index (χ3v) is 4.46. The highest BCUT2D eigenvalue weighted by Crippen LogP contribution is 2.18. The summed E-state index contributed by atoms with van der Waals surface area (Å²) < 4.78 is 7.57. The van der Waals surface area contributed by atoms with E-state index in [9.17, 15) is 14.4 Å². The van der Waals surface area contributed by atoms with Crippen LogP contribution in [-0.4, -0.2) is 40.2 Å². The van der Waals surface area contributed by atoms with E-state index in [0.717, 1.165) is 10.2 Å². The van der Waals surface area contributed by atoms with Crippen molar-refractivity contribution in [3.63, 3.8) is 0 Å². The molecule has 2 rings (SSSR count). The second-order valence-corrected chi connectivity index (χ2v) is 6.90. The Morgan fingerprint density at radius 2 is 1.85 bits per heavy atom. The van der Waals surface area contributed by atoms with Crippen LogP contribution in [0.25, 0.3) is 0 Å². The highest BCUT2D eigenvalue weighted by molar-refractivity contribution is 9.10. The van der Waals surface area contributed by atoms with Crippen LogP contribution < -0.4 is 10.6 Å². The van der Waals surface area contributed by atoms with Gasteiger partial charge in [-0.05, 0) is 45.0 Å². The van der Waals surface area contributed by atoms with Crippen LogP contribution in [-0.2, 0) is 21.4 Å². The number of aromatic nitrogens is 2. The summed E-state index contributed by atoms with van der Waals surface area (Å²) in [6.45, 7) is 4.73. The summed E-state index contributed by atoms with van der Waals surface area (Å²) in [7, 11) is 1.77. The van der Waals surface area contributed by atoms with Gasteiger partial charge in [-0.1, -0.05) is 15.9 Å². The molecule has 0 aliphatic heterocycles. The van der Waals surface area contributed by atoms with Crippen LogP contribution in [0.2, 0.25) is 0 Å². The van der Waals surface area contributed by atoms with Crippen molar-refractivity contribution in [3.05, 3.63) is 45.7 Å². The average Bonchev–Trinajstić information content (AvgIpc) is 2.86. The number of carbonyl (C=O) groups excluding carboxylic acids is 3. The van der Waals surface area contributed by atoms with Gasteiger partial charge in [-0.2, -0.15) is 5.10 Å². The first kappa shape index (κ1) is 20.6. The van der Waals surface area contributed by atoms with Gasteiger partial charge < -0.3 is 15.4 Å². The molecule has 0 fully saturated rings. The Morgan fingerprint density at radius 3 is 2.41 bits per heavy atom. The monoisotopic (exact) mass is 436 g/mol. The maximum absolute atomic E-state index is 12.2. The first-order valence-corrected chi connectivity index (χ1v) is 9.02. The van der Waals surface area contributed by atoms with E-state index in [1.54, 1.807) is 42.9 Å². The fraction of sp³-hybridized carbons (Fsp3) is 0.333. The van der Waals surface area contributed by atoms with Gasteiger partial charge in [-0.25, -0.2) is 0 Å². The minimum Gasteiger partial charge on any atom is -0.451 e. The smallest absolute Gasteiger partial charge is 0.326 e. The molecule has 9 heteroatoms. The third-order valence-electron chi connectivity index (χ3n) is 3.93. The van der Waals surface area contributed by atoms with Gasteiger partial charge in [0, 0.05) is 17.1 Å². The summed E-state index contributed by atoms with van der Waals surface area (Å²) in [6, 6.07) is 6.70. The van der Waals surface area contributed by atoms with Crippen molar-refractivity contribution in [3.8, 4) is 0 Å². The number of aryl methyl sites for hydroxylation is 2. The molecule has 1 unspecified atom stereocenters. The zero-order valence-electron chi connectivity index (χ0n) is 15.5. The molecule has 0 radical (unpaired) electrons. The lowest BCUT2D eigenvalue weighted by Crippen LogP contribution is -2.36. The topological polar surface area (TPSA) is 102 Å². The first-order chi connectivity index (χ1) is 12.7. The third kappa shape index (κ3) is 5.40. The van der Waals surface area contributed by atoms with E-state index in [1.165, 1.54) is 6.92 Å². The highest BCUT2D eigenvalue weighted by atomic mass is 79.9. The van der Waals surface area contributed by atoms with Crippen LogP contribution >= 0.6 is 15.9 Å². The van der Waals surface area contributed by atoms with Gasteiger partial charge in [0.2, 0.25) is 0 Å². The molecule has 2 N–H and O–H groups in total. The lowest BCUT2D eigenvalue weighted by molar-refractivity contribution is -0.152. The normalized spacial score (nSPS) is 11.6. The second kappa shape index (κ2) is 8.81. The van der Waals surface area contributed by atoms with E-state index in [-0.39, 0.29) is 6.54 Å². The summed E-state index contributed by atoms with van der Waals surface area (Å²) in [5.41, 5.74) is 2.47. The number of hydrogen-bond acceptors (Lipinski definition) is 5. The van der Waals surface area contributed by atoms with E-state index in [0.29, 0.717) is 16.9 Å². The van der Waals surface area contributed by atoms with E-state index in [2.05, 4.69) is 31.7 Å². The van der Waals surface area contributed by atoms with E-state index < -0.39 is 23.9 Å². The summed E-state index contributed by atoms with van der Waals surface area (Å²) in [4.78, 5) is 36.1. The predicted octanol–water partition coefficient (Wildman–Crippen LogP) is 2.10. The Balaban J connectivity index is 1.84. The average molecular weight is 437 g/mol. The Labute approximate surface area is 165 Å². The summed E-state index contributed by atoms with van der Waals surface area (Å²) >= 11 is 3.28. The number of amides is 2. The van der Waals surface area contributed by atoms with Crippen LogP contribution in [0.15, 0.2) is 28.7 Å². The molecule has 1 heterocycles. The van der Waals surface area contributed by atoms with Gasteiger partial charge in [0.05, 0.1) is 17.1 Å². The van der Waals surface area contributed by atoms with E-state index in [4.69, 9.17) is 4.74 Å². The SMILES string of the molecule is Cc1nn(C)c(C)c1NC(=O)C(C)OC(=O)CNC(=O)c1ccc(Br)cc1. The number of carbonyl (C=O) groups is 3. The van der Waals surface area contributed by atoms with E-state index >= 15 is 0 Å². The van der Waals surface area contributed by atoms with Crippen molar-refractivity contribution in [2.24, 2.45) is 7.05 Å². The molecule has 1 aromatic carbocycles. The molecule has 1 atom stereocenters. The largest absolute Gasteiger partial charge is 0.451 e. The lowest BCUT2D eigenvalue weighted by Gasteiger charge is -2.14. The van der Waals surface area contributed by atoms with Crippen LogP contribution in [0.3, 0.4) is 0 Å². The number of rotatable bonds is 6. The van der Waals surface area contributed by atoms with Crippen molar-refractivity contribution in [1.82, 2.24) is 15.1 Å². The van der Waals surface area contributed by atoms with Gasteiger partial charge >= 0.3 is 5.97 Å². The van der Waals surface area contributed by atoms with Gasteiger partial charge in [0.1, 0.15) is 6.54 Å². The number of esters is 1. The zero-order chi connectivity index (χ0) is 20.1. The molecule has 0 aliphatic rings. The van der Waals surface area contributed by atoms with Crippen molar-refractivity contribution >= 4 is 39.4 Å². The van der Waals surface area contributed by atoms with Crippen molar-refractivity contribution < 1.29 is 19.1 Å². The zero-order valence-corrected chi connectivity index (χ0v) is 17.1. The van der Waals surface area contributed by atoms with Gasteiger partial charge in [0.15, 0.2) is 6.10 Å². The number of halogens is 1. The molecule has 1 aromatic heterocycles. The number of benzene rings is 1. The Hall–Kier alpha value is -2.68. The molecule has 0 saturated heterocycles. The predicted molar refractivity (Wildman–Crippen MR) is 103 cm³/mol. The number of ether oxygens (including phenoxy) is 1. The molecule has 2 aromatic rings. The molecular formula is C18H21BrN4O4. The number of hydrogen-bond donors (Lipinski definition) is 2. The van der Waals surface area contributed by atoms with Crippen LogP contribution in [0.1, 0.15) is 28.7 Å². The first-order valence-electron chi connectivity index (χ1n) is 8.23.